The standard InChI is InChI=1S/C12H14ClN3/c13-9-2-1-3-10-11(9)15-12(8-4-5-8)16(10)7-6-14/h1-3,8H,4-7,14H2. The fourth-order valence-corrected chi connectivity index (χ4v) is 2.36. The zero-order chi connectivity index (χ0) is 11.1. The summed E-state index contributed by atoms with van der Waals surface area (Å²) in [7, 11) is 0. The molecule has 0 aliphatic heterocycles. The fraction of sp³-hybridized carbons (Fsp3) is 0.417. The van der Waals surface area contributed by atoms with Gasteiger partial charge in [-0.25, -0.2) is 4.98 Å². The van der Waals surface area contributed by atoms with Crippen molar-refractivity contribution in [3.63, 3.8) is 0 Å². The summed E-state index contributed by atoms with van der Waals surface area (Å²) in [6.45, 7) is 1.46. The Labute approximate surface area is 99.2 Å². The third-order valence-corrected chi connectivity index (χ3v) is 3.36. The van der Waals surface area contributed by atoms with Gasteiger partial charge in [-0.1, -0.05) is 17.7 Å². The van der Waals surface area contributed by atoms with Crippen LogP contribution >= 0.6 is 11.6 Å². The molecule has 1 saturated carbocycles. The van der Waals surface area contributed by atoms with Crippen molar-refractivity contribution < 1.29 is 0 Å². The van der Waals surface area contributed by atoms with Gasteiger partial charge in [-0.3, -0.25) is 0 Å². The molecule has 0 saturated heterocycles. The third kappa shape index (κ3) is 1.51. The molecule has 2 N–H and O–H groups in total. The summed E-state index contributed by atoms with van der Waals surface area (Å²) >= 11 is 6.16. The van der Waals surface area contributed by atoms with Crippen LogP contribution in [-0.2, 0) is 6.54 Å². The fourth-order valence-electron chi connectivity index (χ4n) is 2.15. The Morgan fingerprint density at radius 3 is 2.94 bits per heavy atom. The number of imidazole rings is 1. The van der Waals surface area contributed by atoms with Crippen molar-refractivity contribution in [1.82, 2.24) is 9.55 Å². The van der Waals surface area contributed by atoms with Crippen LogP contribution in [0, 0.1) is 0 Å². The lowest BCUT2D eigenvalue weighted by Crippen LogP contribution is -2.12. The lowest BCUT2D eigenvalue weighted by Gasteiger charge is -2.06. The van der Waals surface area contributed by atoms with Gasteiger partial charge >= 0.3 is 0 Å². The molecule has 0 radical (unpaired) electrons. The van der Waals surface area contributed by atoms with E-state index in [0.29, 0.717) is 12.5 Å². The Balaban J connectivity index is 2.23. The van der Waals surface area contributed by atoms with Gasteiger partial charge in [0, 0.05) is 19.0 Å². The minimum Gasteiger partial charge on any atom is -0.329 e. The van der Waals surface area contributed by atoms with Gasteiger partial charge in [0.2, 0.25) is 0 Å². The van der Waals surface area contributed by atoms with Gasteiger partial charge in [0.1, 0.15) is 11.3 Å². The molecule has 2 aromatic rings. The minimum atomic E-state index is 0.620. The number of nitrogens with two attached hydrogens (primary N) is 1. The van der Waals surface area contributed by atoms with E-state index < -0.39 is 0 Å². The lowest BCUT2D eigenvalue weighted by atomic mass is 10.3. The van der Waals surface area contributed by atoms with Crippen LogP contribution in [0.2, 0.25) is 5.02 Å². The molecule has 0 unspecified atom stereocenters. The van der Waals surface area contributed by atoms with E-state index in [2.05, 4.69) is 15.6 Å². The molecule has 3 nitrogen and oxygen atoms in total. The molecule has 1 aromatic carbocycles. The van der Waals surface area contributed by atoms with Crippen molar-refractivity contribution >= 4 is 22.6 Å². The first kappa shape index (κ1) is 10.1. The molecule has 0 amide bonds. The normalized spacial score (nSPS) is 15.9. The predicted octanol–water partition coefficient (Wildman–Crippen LogP) is 2.53. The van der Waals surface area contributed by atoms with Gasteiger partial charge in [0.25, 0.3) is 0 Å². The average Bonchev–Trinajstić information content (AvgIpc) is 3.05. The first-order chi connectivity index (χ1) is 7.81. The maximum absolute atomic E-state index is 6.16. The number of fused-ring (bicyclic) bond motifs is 1. The molecule has 1 fully saturated rings. The van der Waals surface area contributed by atoms with Crippen molar-refractivity contribution in [1.29, 1.82) is 0 Å². The number of hydrogen-bond acceptors (Lipinski definition) is 2. The predicted molar refractivity (Wildman–Crippen MR) is 65.8 cm³/mol. The van der Waals surface area contributed by atoms with E-state index in [0.717, 1.165) is 28.4 Å². The number of nitrogens with zero attached hydrogens (tertiary/aromatic N) is 2. The van der Waals surface area contributed by atoms with Gasteiger partial charge < -0.3 is 10.3 Å². The largest absolute Gasteiger partial charge is 0.329 e. The second-order valence-corrected chi connectivity index (χ2v) is 4.70. The number of rotatable bonds is 3. The van der Waals surface area contributed by atoms with Gasteiger partial charge in [-0.05, 0) is 25.0 Å². The third-order valence-electron chi connectivity index (χ3n) is 3.05. The molecular formula is C12H14ClN3. The second kappa shape index (κ2) is 3.75. The van der Waals surface area contributed by atoms with Crippen molar-refractivity contribution in [2.45, 2.75) is 25.3 Å². The zero-order valence-electron chi connectivity index (χ0n) is 8.99. The molecule has 84 valence electrons. The van der Waals surface area contributed by atoms with Gasteiger partial charge in [0.15, 0.2) is 0 Å². The number of hydrogen-bond donors (Lipinski definition) is 1. The first-order valence-electron chi connectivity index (χ1n) is 5.66. The van der Waals surface area contributed by atoms with E-state index >= 15 is 0 Å². The Kier molecular flexibility index (Phi) is 2.37. The Hall–Kier alpha value is -1.06. The Bertz CT molecular complexity index is 528. The lowest BCUT2D eigenvalue weighted by molar-refractivity contribution is 0.680. The SMILES string of the molecule is NCCn1c(C2CC2)nc2c(Cl)cccc21. The number of benzene rings is 1. The minimum absolute atomic E-state index is 0.620. The summed E-state index contributed by atoms with van der Waals surface area (Å²) in [6, 6.07) is 5.92. The molecule has 16 heavy (non-hydrogen) atoms. The molecule has 0 bridgehead atoms. The van der Waals surface area contributed by atoms with Crippen LogP contribution in [0.15, 0.2) is 18.2 Å². The van der Waals surface area contributed by atoms with Crippen LogP contribution in [0.5, 0.6) is 0 Å². The highest BCUT2D eigenvalue weighted by Crippen LogP contribution is 2.41. The van der Waals surface area contributed by atoms with Crippen LogP contribution in [-0.4, -0.2) is 16.1 Å². The van der Waals surface area contributed by atoms with E-state index in [1.54, 1.807) is 0 Å². The van der Waals surface area contributed by atoms with Crippen molar-refractivity contribution in [3.05, 3.63) is 29.0 Å². The highest BCUT2D eigenvalue weighted by Gasteiger charge is 2.29. The maximum Gasteiger partial charge on any atom is 0.113 e. The van der Waals surface area contributed by atoms with E-state index in [9.17, 15) is 0 Å². The zero-order valence-corrected chi connectivity index (χ0v) is 9.74. The molecule has 0 spiro atoms. The van der Waals surface area contributed by atoms with Crippen molar-refractivity contribution in [2.75, 3.05) is 6.54 Å². The Morgan fingerprint density at radius 1 is 1.44 bits per heavy atom. The van der Waals surface area contributed by atoms with Gasteiger partial charge in [0.05, 0.1) is 10.5 Å². The summed E-state index contributed by atoms with van der Waals surface area (Å²) in [6.07, 6.45) is 2.48. The second-order valence-electron chi connectivity index (χ2n) is 4.29. The smallest absolute Gasteiger partial charge is 0.113 e. The highest BCUT2D eigenvalue weighted by molar-refractivity contribution is 6.34. The van der Waals surface area contributed by atoms with Crippen LogP contribution in [0.3, 0.4) is 0 Å². The maximum atomic E-state index is 6.16. The quantitative estimate of drug-likeness (QED) is 0.889. The topological polar surface area (TPSA) is 43.8 Å². The number of para-hydroxylation sites is 1. The molecule has 4 heteroatoms. The summed E-state index contributed by atoms with van der Waals surface area (Å²) in [5.74, 6) is 1.78. The molecule has 1 aliphatic carbocycles. The van der Waals surface area contributed by atoms with Crippen molar-refractivity contribution in [2.24, 2.45) is 5.73 Å². The van der Waals surface area contributed by atoms with Crippen molar-refractivity contribution in [3.8, 4) is 0 Å². The summed E-state index contributed by atoms with van der Waals surface area (Å²) in [4.78, 5) is 4.67. The van der Waals surface area contributed by atoms with Crippen LogP contribution in [0.4, 0.5) is 0 Å². The summed E-state index contributed by atoms with van der Waals surface area (Å²) in [5.41, 5.74) is 7.68. The van der Waals surface area contributed by atoms with Gasteiger partial charge in [-0.15, -0.1) is 0 Å². The van der Waals surface area contributed by atoms with E-state index in [4.69, 9.17) is 17.3 Å². The van der Waals surface area contributed by atoms with E-state index in [1.165, 1.54) is 12.8 Å². The number of aromatic nitrogens is 2. The van der Waals surface area contributed by atoms with Crippen LogP contribution in [0.1, 0.15) is 24.6 Å². The molecule has 1 heterocycles. The highest BCUT2D eigenvalue weighted by atomic mass is 35.5. The average molecular weight is 236 g/mol. The van der Waals surface area contributed by atoms with E-state index in [-0.39, 0.29) is 0 Å². The molecule has 3 rings (SSSR count). The monoisotopic (exact) mass is 235 g/mol. The molecule has 1 aliphatic rings. The molecule has 0 atom stereocenters. The van der Waals surface area contributed by atoms with E-state index in [1.807, 2.05) is 12.1 Å². The van der Waals surface area contributed by atoms with Crippen LogP contribution in [0.25, 0.3) is 11.0 Å². The summed E-state index contributed by atoms with van der Waals surface area (Å²) < 4.78 is 2.22. The summed E-state index contributed by atoms with van der Waals surface area (Å²) in [5, 5.41) is 0.732. The first-order valence-corrected chi connectivity index (χ1v) is 6.04. The van der Waals surface area contributed by atoms with Gasteiger partial charge in [-0.2, -0.15) is 0 Å². The van der Waals surface area contributed by atoms with Crippen LogP contribution < -0.4 is 5.73 Å². The molecular weight excluding hydrogens is 222 g/mol. The Morgan fingerprint density at radius 2 is 2.25 bits per heavy atom. The molecule has 1 aromatic heterocycles. The number of halogens is 1.